The highest BCUT2D eigenvalue weighted by Gasteiger charge is 2.03. The van der Waals surface area contributed by atoms with E-state index in [1.54, 1.807) is 35.1 Å². The smallest absolute Gasteiger partial charge is 0.264 e. The molecule has 0 radical (unpaired) electrons. The normalized spacial score (nSPS) is 11.1. The highest BCUT2D eigenvalue weighted by atomic mass is 32.2. The summed E-state index contributed by atoms with van der Waals surface area (Å²) in [6, 6.07) is 3.79. The van der Waals surface area contributed by atoms with E-state index >= 15 is 0 Å². The Morgan fingerprint density at radius 3 is 3.00 bits per heavy atom. The van der Waals surface area contributed by atoms with Crippen molar-refractivity contribution < 1.29 is 0 Å². The summed E-state index contributed by atoms with van der Waals surface area (Å²) < 4.78 is 1.71. The van der Waals surface area contributed by atoms with Crippen LogP contribution in [0.3, 0.4) is 0 Å². The van der Waals surface area contributed by atoms with Crippen LogP contribution in [0.15, 0.2) is 34.7 Å². The average Bonchev–Trinajstić information content (AvgIpc) is 2.69. The summed E-state index contributed by atoms with van der Waals surface area (Å²) in [5, 5.41) is 5.01. The van der Waals surface area contributed by atoms with Crippen LogP contribution in [0, 0.1) is 0 Å². The van der Waals surface area contributed by atoms with Crippen LogP contribution in [0.4, 0.5) is 5.95 Å². The molecule has 0 aliphatic rings. The molecule has 0 aliphatic heterocycles. The second kappa shape index (κ2) is 4.89. The van der Waals surface area contributed by atoms with Gasteiger partial charge in [-0.15, -0.1) is 5.10 Å². The van der Waals surface area contributed by atoms with E-state index in [1.165, 1.54) is 0 Å². The van der Waals surface area contributed by atoms with Crippen LogP contribution in [-0.2, 0) is 7.05 Å². The van der Waals surface area contributed by atoms with Crippen LogP contribution < -0.4 is 0 Å². The molecule has 0 saturated heterocycles. The summed E-state index contributed by atoms with van der Waals surface area (Å²) in [5.74, 6) is 0.468. The minimum Gasteiger partial charge on any atom is -0.264 e. The van der Waals surface area contributed by atoms with Gasteiger partial charge in [-0.2, -0.15) is 4.98 Å². The van der Waals surface area contributed by atoms with Gasteiger partial charge in [-0.1, -0.05) is 17.8 Å². The van der Waals surface area contributed by atoms with Crippen molar-refractivity contribution >= 4 is 23.9 Å². The molecule has 2 aromatic rings. The minimum absolute atomic E-state index is 0.468. The second-order valence-corrected chi connectivity index (χ2v) is 3.84. The monoisotopic (exact) mass is 233 g/mol. The third-order valence-electron chi connectivity index (χ3n) is 1.91. The Morgan fingerprint density at radius 1 is 1.50 bits per heavy atom. The van der Waals surface area contributed by atoms with Gasteiger partial charge < -0.3 is 0 Å². The molecule has 0 aliphatic carbocycles. The number of hydrogen-bond donors (Lipinski definition) is 0. The molecule has 2 rings (SSSR count). The molecular weight excluding hydrogens is 222 g/mol. The fourth-order valence-electron chi connectivity index (χ4n) is 1.17. The Morgan fingerprint density at radius 2 is 2.38 bits per heavy atom. The van der Waals surface area contributed by atoms with Crippen molar-refractivity contribution in [3.63, 3.8) is 0 Å². The lowest BCUT2D eigenvalue weighted by Crippen LogP contribution is -1.91. The fraction of sp³-hybridized carbons (Fsp3) is 0.200. The molecule has 0 amide bonds. The summed E-state index contributed by atoms with van der Waals surface area (Å²) in [6.45, 7) is 0. The molecule has 0 saturated carbocycles. The number of nitrogens with zero attached hydrogens (tertiary/aromatic N) is 5. The summed E-state index contributed by atoms with van der Waals surface area (Å²) in [5.41, 5.74) is 0.931. The first-order valence-corrected chi connectivity index (χ1v) is 5.91. The quantitative estimate of drug-likeness (QED) is 0.598. The van der Waals surface area contributed by atoms with Gasteiger partial charge in [0.2, 0.25) is 0 Å². The standard InChI is InChI=1S/C10H11N5S/c1-15-10(16-2)13-9(14-15)12-7-8-4-3-5-11-6-8/h3-7H,1-2H3/b12-7+. The van der Waals surface area contributed by atoms with Crippen molar-refractivity contribution in [3.05, 3.63) is 30.1 Å². The molecule has 0 fully saturated rings. The molecule has 2 heterocycles. The molecule has 5 nitrogen and oxygen atoms in total. The summed E-state index contributed by atoms with van der Waals surface area (Å²) in [4.78, 5) is 12.4. The maximum atomic E-state index is 4.24. The Kier molecular flexibility index (Phi) is 3.31. The van der Waals surface area contributed by atoms with Crippen LogP contribution in [-0.4, -0.2) is 32.2 Å². The molecule has 6 heteroatoms. The highest BCUT2D eigenvalue weighted by Crippen LogP contribution is 2.14. The van der Waals surface area contributed by atoms with E-state index in [4.69, 9.17) is 0 Å². The number of aliphatic imine (C=N–C) groups is 1. The largest absolute Gasteiger partial charge is 0.269 e. The molecule has 0 atom stereocenters. The molecule has 2 aromatic heterocycles. The van der Waals surface area contributed by atoms with Crippen molar-refractivity contribution in [1.82, 2.24) is 19.7 Å². The molecule has 0 N–H and O–H groups in total. The van der Waals surface area contributed by atoms with Gasteiger partial charge in [-0.05, 0) is 12.3 Å². The lowest BCUT2D eigenvalue weighted by Gasteiger charge is -1.89. The zero-order valence-electron chi connectivity index (χ0n) is 9.03. The van der Waals surface area contributed by atoms with Gasteiger partial charge in [0.25, 0.3) is 5.95 Å². The second-order valence-electron chi connectivity index (χ2n) is 3.07. The zero-order valence-corrected chi connectivity index (χ0v) is 9.85. The number of thioether (sulfide) groups is 1. The Hall–Kier alpha value is -1.69. The van der Waals surface area contributed by atoms with E-state index in [0.717, 1.165) is 10.7 Å². The van der Waals surface area contributed by atoms with E-state index in [0.29, 0.717) is 5.95 Å². The number of rotatable bonds is 3. The predicted octanol–water partition coefficient (Wildman–Crippen LogP) is 1.68. The molecule has 0 aromatic carbocycles. The van der Waals surface area contributed by atoms with Crippen molar-refractivity contribution in [1.29, 1.82) is 0 Å². The van der Waals surface area contributed by atoms with E-state index in [1.807, 2.05) is 25.4 Å². The number of aryl methyl sites for hydroxylation is 1. The predicted molar refractivity (Wildman–Crippen MR) is 64.3 cm³/mol. The molecular formula is C10H11N5S. The first-order valence-electron chi connectivity index (χ1n) is 4.68. The Balaban J connectivity index is 2.18. The van der Waals surface area contributed by atoms with Gasteiger partial charge in [0.1, 0.15) is 0 Å². The first-order chi connectivity index (χ1) is 7.79. The minimum atomic E-state index is 0.468. The average molecular weight is 233 g/mol. The Labute approximate surface area is 97.6 Å². The van der Waals surface area contributed by atoms with Gasteiger partial charge >= 0.3 is 0 Å². The third kappa shape index (κ3) is 2.46. The highest BCUT2D eigenvalue weighted by molar-refractivity contribution is 7.98. The van der Waals surface area contributed by atoms with Gasteiger partial charge in [-0.25, -0.2) is 9.67 Å². The lowest BCUT2D eigenvalue weighted by atomic mass is 10.3. The van der Waals surface area contributed by atoms with Gasteiger partial charge in [0.05, 0.1) is 0 Å². The fourth-order valence-corrected chi connectivity index (χ4v) is 1.65. The third-order valence-corrected chi connectivity index (χ3v) is 2.63. The van der Waals surface area contributed by atoms with Gasteiger partial charge in [0.15, 0.2) is 5.16 Å². The SMILES string of the molecule is CSc1nc(/N=C/c2cccnc2)nn1C. The maximum Gasteiger partial charge on any atom is 0.269 e. The van der Waals surface area contributed by atoms with Crippen molar-refractivity contribution in [3.8, 4) is 0 Å². The molecule has 82 valence electrons. The van der Waals surface area contributed by atoms with Crippen LogP contribution >= 0.6 is 11.8 Å². The summed E-state index contributed by atoms with van der Waals surface area (Å²) in [6.07, 6.45) is 7.12. The van der Waals surface area contributed by atoms with Crippen LogP contribution in [0.1, 0.15) is 5.56 Å². The maximum absolute atomic E-state index is 4.24. The first kappa shape index (κ1) is 10.8. The zero-order chi connectivity index (χ0) is 11.4. The van der Waals surface area contributed by atoms with E-state index < -0.39 is 0 Å². The van der Waals surface area contributed by atoms with E-state index in [-0.39, 0.29) is 0 Å². The van der Waals surface area contributed by atoms with Crippen molar-refractivity contribution in [2.45, 2.75) is 5.16 Å². The van der Waals surface area contributed by atoms with Crippen LogP contribution in [0.2, 0.25) is 0 Å². The van der Waals surface area contributed by atoms with Crippen molar-refractivity contribution in [2.75, 3.05) is 6.26 Å². The topological polar surface area (TPSA) is 56.0 Å². The van der Waals surface area contributed by atoms with Gasteiger partial charge in [0, 0.05) is 31.2 Å². The van der Waals surface area contributed by atoms with E-state index in [9.17, 15) is 0 Å². The summed E-state index contributed by atoms with van der Waals surface area (Å²) >= 11 is 1.54. The number of pyridine rings is 1. The molecule has 0 spiro atoms. The van der Waals surface area contributed by atoms with Crippen LogP contribution in [0.25, 0.3) is 0 Å². The van der Waals surface area contributed by atoms with Gasteiger partial charge in [-0.3, -0.25) is 4.98 Å². The lowest BCUT2D eigenvalue weighted by molar-refractivity contribution is 0.686. The van der Waals surface area contributed by atoms with E-state index in [2.05, 4.69) is 20.1 Å². The number of aromatic nitrogens is 4. The molecule has 16 heavy (non-hydrogen) atoms. The van der Waals surface area contributed by atoms with Crippen LogP contribution in [0.5, 0.6) is 0 Å². The molecule has 0 bridgehead atoms. The van der Waals surface area contributed by atoms with Crippen molar-refractivity contribution in [2.24, 2.45) is 12.0 Å². The summed E-state index contributed by atoms with van der Waals surface area (Å²) in [7, 11) is 1.85. The number of hydrogen-bond acceptors (Lipinski definition) is 5. The Bertz CT molecular complexity index is 491. The molecule has 0 unspecified atom stereocenters.